The number of rotatable bonds is 10. The Hall–Kier alpha value is -2.66. The number of nitrogens with one attached hydrogen (secondary N) is 2. The third kappa shape index (κ3) is 6.92. The Balaban J connectivity index is 2.02. The summed E-state index contributed by atoms with van der Waals surface area (Å²) in [6.45, 7) is 10.1. The summed E-state index contributed by atoms with van der Waals surface area (Å²) in [4.78, 5) is 29.4. The molecule has 0 aromatic heterocycles. The molecule has 1 atom stereocenters. The Labute approximate surface area is 205 Å². The molecule has 2 fully saturated rings. The number of hydrogen-bond donors (Lipinski definition) is 2. The first-order valence-electron chi connectivity index (χ1n) is 12.8. The molecule has 1 unspecified atom stereocenters. The number of aryl methyl sites for hydroxylation is 1. The van der Waals surface area contributed by atoms with Gasteiger partial charge in [-0.2, -0.15) is 0 Å². The van der Waals surface area contributed by atoms with Crippen LogP contribution in [0.5, 0.6) is 0 Å². The molecule has 1 aromatic carbocycles. The van der Waals surface area contributed by atoms with Gasteiger partial charge in [-0.05, 0) is 69.7 Å². The van der Waals surface area contributed by atoms with Gasteiger partial charge in [-0.3, -0.25) is 14.5 Å². The summed E-state index contributed by atoms with van der Waals surface area (Å²) in [5.41, 5.74) is 3.35. The summed E-state index contributed by atoms with van der Waals surface area (Å²) in [5.74, 6) is -0.222. The highest BCUT2D eigenvalue weighted by atomic mass is 16.2. The number of allylic oxidation sites excluding steroid dienone is 4. The number of nitrogens with zero attached hydrogens (tertiary/aromatic N) is 1. The lowest BCUT2D eigenvalue weighted by Crippen LogP contribution is -2.50. The van der Waals surface area contributed by atoms with E-state index >= 15 is 0 Å². The van der Waals surface area contributed by atoms with Gasteiger partial charge in [0.15, 0.2) is 0 Å². The van der Waals surface area contributed by atoms with Gasteiger partial charge in [-0.25, -0.2) is 0 Å². The van der Waals surface area contributed by atoms with Crippen LogP contribution >= 0.6 is 0 Å². The third-order valence-electron chi connectivity index (χ3n) is 6.87. The van der Waals surface area contributed by atoms with Crippen LogP contribution in [0.1, 0.15) is 82.4 Å². The minimum Gasteiger partial charge on any atom is -0.351 e. The molecule has 34 heavy (non-hydrogen) atoms. The number of carbonyl (C=O) groups is 2. The molecule has 2 aliphatic rings. The van der Waals surface area contributed by atoms with Crippen LogP contribution in [0.2, 0.25) is 0 Å². The molecule has 2 saturated carbocycles. The van der Waals surface area contributed by atoms with Crippen LogP contribution in [-0.4, -0.2) is 35.3 Å². The average Bonchev–Trinajstić information content (AvgIpc) is 2.77. The normalized spacial score (nSPS) is 18.4. The molecule has 5 nitrogen and oxygen atoms in total. The number of benzene rings is 1. The number of carbonyl (C=O) groups excluding carboxylic acids is 2. The minimum atomic E-state index is -0.749. The van der Waals surface area contributed by atoms with Crippen molar-refractivity contribution < 1.29 is 9.59 Å². The molecule has 184 valence electrons. The van der Waals surface area contributed by atoms with E-state index < -0.39 is 6.04 Å². The van der Waals surface area contributed by atoms with Crippen LogP contribution in [0, 0.1) is 6.92 Å². The summed E-state index contributed by atoms with van der Waals surface area (Å²) >= 11 is 0. The zero-order valence-electron chi connectivity index (χ0n) is 21.1. The third-order valence-corrected chi connectivity index (χ3v) is 6.87. The molecule has 1 aromatic rings. The highest BCUT2D eigenvalue weighted by Gasteiger charge is 2.35. The molecule has 0 aliphatic heterocycles. The second-order valence-corrected chi connectivity index (χ2v) is 9.79. The monoisotopic (exact) mass is 463 g/mol. The lowest BCUT2D eigenvalue weighted by molar-refractivity contribution is -0.138. The highest BCUT2D eigenvalue weighted by molar-refractivity contribution is 5.91. The van der Waals surface area contributed by atoms with Crippen LogP contribution in [0.25, 0.3) is 0 Å². The molecule has 2 N–H and O–H groups in total. The van der Waals surface area contributed by atoms with E-state index in [1.807, 2.05) is 63.3 Å². The number of hydrogen-bond acceptors (Lipinski definition) is 3. The van der Waals surface area contributed by atoms with Gasteiger partial charge < -0.3 is 10.6 Å². The molecule has 3 rings (SSSR count). The Kier molecular flexibility index (Phi) is 9.70. The zero-order valence-corrected chi connectivity index (χ0v) is 21.1. The second-order valence-electron chi connectivity index (χ2n) is 9.79. The van der Waals surface area contributed by atoms with E-state index in [2.05, 4.69) is 17.2 Å². The quantitative estimate of drug-likeness (QED) is 0.451. The Morgan fingerprint density at radius 3 is 2.35 bits per heavy atom. The molecular formula is C29H41N3O2. The molecule has 0 saturated heterocycles. The van der Waals surface area contributed by atoms with Gasteiger partial charge in [0.25, 0.3) is 0 Å². The van der Waals surface area contributed by atoms with E-state index in [1.165, 1.54) is 12.8 Å². The summed E-state index contributed by atoms with van der Waals surface area (Å²) in [6, 6.07) is 7.67. The van der Waals surface area contributed by atoms with Crippen LogP contribution in [0.15, 0.2) is 60.3 Å². The smallest absolute Gasteiger partial charge is 0.248 e. The predicted octanol–water partition coefficient (Wildman–Crippen LogP) is 5.49. The van der Waals surface area contributed by atoms with Gasteiger partial charge >= 0.3 is 0 Å². The molecule has 0 heterocycles. The zero-order chi connectivity index (χ0) is 24.5. The molecule has 2 aliphatic carbocycles. The van der Waals surface area contributed by atoms with E-state index in [9.17, 15) is 9.59 Å². The van der Waals surface area contributed by atoms with Crippen molar-refractivity contribution >= 4 is 11.8 Å². The van der Waals surface area contributed by atoms with E-state index in [4.69, 9.17) is 0 Å². The first kappa shape index (κ1) is 26.0. The van der Waals surface area contributed by atoms with Gasteiger partial charge in [-0.15, -0.1) is 0 Å². The molecule has 0 bridgehead atoms. The number of amides is 2. The summed E-state index contributed by atoms with van der Waals surface area (Å²) in [5, 5.41) is 6.68. The SMILES string of the molecule is C=C(C)C=C(C=CC)N(C(=O)CNC1CCC1)C(C(=O)NC1CCCCC1)c1ccccc1C. The first-order valence-corrected chi connectivity index (χ1v) is 12.8. The second kappa shape index (κ2) is 12.7. The lowest BCUT2D eigenvalue weighted by Gasteiger charge is -2.36. The molecule has 5 heteroatoms. The fourth-order valence-electron chi connectivity index (χ4n) is 4.81. The van der Waals surface area contributed by atoms with Crippen LogP contribution in [-0.2, 0) is 9.59 Å². The maximum atomic E-state index is 13.9. The maximum Gasteiger partial charge on any atom is 0.248 e. The Morgan fingerprint density at radius 1 is 1.09 bits per heavy atom. The van der Waals surface area contributed by atoms with Crippen molar-refractivity contribution in [2.24, 2.45) is 0 Å². The summed E-state index contributed by atoms with van der Waals surface area (Å²) in [6.07, 6.45) is 14.6. The fraction of sp³-hybridized carbons (Fsp3) is 0.517. The van der Waals surface area contributed by atoms with Crippen LogP contribution in [0.4, 0.5) is 0 Å². The van der Waals surface area contributed by atoms with Gasteiger partial charge in [-0.1, -0.05) is 68.2 Å². The predicted molar refractivity (Wildman–Crippen MR) is 139 cm³/mol. The van der Waals surface area contributed by atoms with Crippen molar-refractivity contribution in [3.63, 3.8) is 0 Å². The molecule has 0 spiro atoms. The van der Waals surface area contributed by atoms with Crippen molar-refractivity contribution in [1.82, 2.24) is 15.5 Å². The van der Waals surface area contributed by atoms with Crippen molar-refractivity contribution in [2.45, 2.75) is 90.3 Å². The lowest BCUT2D eigenvalue weighted by atomic mass is 9.93. The van der Waals surface area contributed by atoms with Crippen molar-refractivity contribution in [2.75, 3.05) is 6.54 Å². The van der Waals surface area contributed by atoms with Gasteiger partial charge in [0.05, 0.1) is 6.54 Å². The summed E-state index contributed by atoms with van der Waals surface area (Å²) in [7, 11) is 0. The van der Waals surface area contributed by atoms with Gasteiger partial charge in [0.2, 0.25) is 11.8 Å². The Bertz CT molecular complexity index is 923. The van der Waals surface area contributed by atoms with Gasteiger partial charge in [0, 0.05) is 17.8 Å². The van der Waals surface area contributed by atoms with E-state index in [0.717, 1.165) is 55.2 Å². The van der Waals surface area contributed by atoms with Crippen LogP contribution < -0.4 is 10.6 Å². The van der Waals surface area contributed by atoms with Crippen molar-refractivity contribution in [1.29, 1.82) is 0 Å². The maximum absolute atomic E-state index is 13.9. The van der Waals surface area contributed by atoms with Crippen LogP contribution in [0.3, 0.4) is 0 Å². The Morgan fingerprint density at radius 2 is 1.76 bits per heavy atom. The highest BCUT2D eigenvalue weighted by Crippen LogP contribution is 2.30. The van der Waals surface area contributed by atoms with E-state index in [0.29, 0.717) is 11.7 Å². The summed E-state index contributed by atoms with van der Waals surface area (Å²) < 4.78 is 0. The molecular weight excluding hydrogens is 422 g/mol. The standard InChI is InChI=1S/C29H41N3O2/c1-5-12-25(19-21(2)3)32(27(33)20-30-23-16-11-17-23)28(26-18-10-9-13-22(26)4)29(34)31-24-14-7-6-8-15-24/h5,9-10,12-13,18-19,23-24,28,30H,2,6-8,11,14-17,20H2,1,3-4H3,(H,31,34). The largest absolute Gasteiger partial charge is 0.351 e. The first-order chi connectivity index (χ1) is 16.4. The van der Waals surface area contributed by atoms with E-state index in [-0.39, 0.29) is 24.4 Å². The fourth-order valence-corrected chi connectivity index (χ4v) is 4.81. The van der Waals surface area contributed by atoms with Gasteiger partial charge in [0.1, 0.15) is 6.04 Å². The molecule has 0 radical (unpaired) electrons. The van der Waals surface area contributed by atoms with E-state index in [1.54, 1.807) is 4.90 Å². The average molecular weight is 464 g/mol. The van der Waals surface area contributed by atoms with Crippen molar-refractivity contribution in [3.05, 3.63) is 71.5 Å². The van der Waals surface area contributed by atoms with Crippen molar-refractivity contribution in [3.8, 4) is 0 Å². The topological polar surface area (TPSA) is 61.4 Å². The minimum absolute atomic E-state index is 0.107. The molecule has 2 amide bonds.